The predicted octanol–water partition coefficient (Wildman–Crippen LogP) is 5.17. The first-order valence-electron chi connectivity index (χ1n) is 9.73. The molecule has 1 fully saturated rings. The number of rotatable bonds is 5. The minimum atomic E-state index is -0.661. The molecule has 4 rings (SSSR count). The molecule has 0 atom stereocenters. The van der Waals surface area contributed by atoms with Gasteiger partial charge in [0.15, 0.2) is 0 Å². The van der Waals surface area contributed by atoms with Gasteiger partial charge >= 0.3 is 0 Å². The topological polar surface area (TPSA) is 70.2 Å². The Morgan fingerprint density at radius 3 is 2.47 bits per heavy atom. The Morgan fingerprint density at radius 1 is 1.07 bits per heavy atom. The molecule has 1 aromatic heterocycles. The van der Waals surface area contributed by atoms with Gasteiger partial charge in [-0.3, -0.25) is 4.79 Å². The minimum Gasteiger partial charge on any atom is -0.356 e. The minimum absolute atomic E-state index is 0.0683. The number of nitrogens with one attached hydrogen (secondary N) is 2. The van der Waals surface area contributed by atoms with Gasteiger partial charge in [-0.05, 0) is 56.2 Å². The molecule has 1 amide bonds. The number of benzene rings is 2. The third-order valence-electron chi connectivity index (χ3n) is 4.86. The van der Waals surface area contributed by atoms with Gasteiger partial charge in [0.25, 0.3) is 5.91 Å². The molecule has 0 bridgehead atoms. The van der Waals surface area contributed by atoms with E-state index >= 15 is 0 Å². The maximum atomic E-state index is 13.9. The number of hydrogen-bond donors (Lipinski definition) is 2. The van der Waals surface area contributed by atoms with Crippen molar-refractivity contribution in [2.45, 2.75) is 19.8 Å². The molecule has 0 unspecified atom stereocenters. The zero-order valence-electron chi connectivity index (χ0n) is 16.5. The van der Waals surface area contributed by atoms with Crippen molar-refractivity contribution in [2.75, 3.05) is 28.6 Å². The molecule has 0 aliphatic carbocycles. The summed E-state index contributed by atoms with van der Waals surface area (Å²) in [5.41, 5.74) is 1.16. The van der Waals surface area contributed by atoms with Crippen molar-refractivity contribution in [2.24, 2.45) is 0 Å². The van der Waals surface area contributed by atoms with Crippen LogP contribution in [0.15, 0.2) is 48.5 Å². The summed E-state index contributed by atoms with van der Waals surface area (Å²) >= 11 is 5.95. The second kappa shape index (κ2) is 8.67. The van der Waals surface area contributed by atoms with E-state index < -0.39 is 11.7 Å². The van der Waals surface area contributed by atoms with E-state index in [0.29, 0.717) is 17.3 Å². The van der Waals surface area contributed by atoms with Gasteiger partial charge in [0.05, 0.1) is 10.6 Å². The Balaban J connectivity index is 1.46. The molecule has 2 aromatic carbocycles. The summed E-state index contributed by atoms with van der Waals surface area (Å²) in [7, 11) is 0. The molecule has 2 N–H and O–H groups in total. The van der Waals surface area contributed by atoms with E-state index in [4.69, 9.17) is 11.6 Å². The van der Waals surface area contributed by atoms with Crippen LogP contribution in [-0.4, -0.2) is 29.0 Å². The number of hydrogen-bond acceptors (Lipinski definition) is 5. The Bertz CT molecular complexity index is 1050. The first kappa shape index (κ1) is 20.1. The molecule has 8 heteroatoms. The fourth-order valence-corrected chi connectivity index (χ4v) is 3.67. The van der Waals surface area contributed by atoms with Crippen molar-refractivity contribution >= 4 is 40.5 Å². The van der Waals surface area contributed by atoms with E-state index in [2.05, 4.69) is 25.5 Å². The molecule has 0 spiro atoms. The summed E-state index contributed by atoms with van der Waals surface area (Å²) in [4.78, 5) is 23.6. The largest absolute Gasteiger partial charge is 0.356 e. The Morgan fingerprint density at radius 2 is 1.77 bits per heavy atom. The van der Waals surface area contributed by atoms with E-state index in [1.54, 1.807) is 12.1 Å². The van der Waals surface area contributed by atoms with Gasteiger partial charge in [-0.25, -0.2) is 14.4 Å². The Labute approximate surface area is 179 Å². The van der Waals surface area contributed by atoms with Crippen molar-refractivity contribution in [3.8, 4) is 0 Å². The van der Waals surface area contributed by atoms with Crippen LogP contribution in [0.25, 0.3) is 0 Å². The molecule has 1 saturated heterocycles. The second-order valence-corrected chi connectivity index (χ2v) is 7.51. The lowest BCUT2D eigenvalue weighted by molar-refractivity contribution is 0.102. The average Bonchev–Trinajstić information content (AvgIpc) is 3.24. The van der Waals surface area contributed by atoms with Crippen LogP contribution in [0.1, 0.15) is 29.0 Å². The fraction of sp³-hybridized carbons (Fsp3) is 0.227. The molecule has 1 aliphatic heterocycles. The van der Waals surface area contributed by atoms with Crippen LogP contribution in [-0.2, 0) is 0 Å². The molecular formula is C22H21ClFN5O. The number of amides is 1. The zero-order valence-corrected chi connectivity index (χ0v) is 17.2. The van der Waals surface area contributed by atoms with Gasteiger partial charge in [0, 0.05) is 30.5 Å². The van der Waals surface area contributed by atoms with E-state index in [9.17, 15) is 9.18 Å². The quantitative estimate of drug-likeness (QED) is 0.589. The van der Waals surface area contributed by atoms with Gasteiger partial charge in [0.1, 0.15) is 23.3 Å². The number of anilines is 4. The predicted molar refractivity (Wildman–Crippen MR) is 117 cm³/mol. The van der Waals surface area contributed by atoms with E-state index in [1.165, 1.54) is 31.0 Å². The maximum absolute atomic E-state index is 13.9. The normalized spacial score (nSPS) is 13.4. The number of aromatic nitrogens is 2. The summed E-state index contributed by atoms with van der Waals surface area (Å²) in [6.45, 7) is 3.89. The van der Waals surface area contributed by atoms with Crippen LogP contribution in [0.2, 0.25) is 5.02 Å². The van der Waals surface area contributed by atoms with Crippen LogP contribution >= 0.6 is 11.6 Å². The lowest BCUT2D eigenvalue weighted by Crippen LogP contribution is -2.19. The molecule has 6 nitrogen and oxygen atoms in total. The first-order valence-corrected chi connectivity index (χ1v) is 10.1. The smallest absolute Gasteiger partial charge is 0.260 e. The number of halogens is 2. The highest BCUT2D eigenvalue weighted by Gasteiger charge is 2.17. The van der Waals surface area contributed by atoms with Crippen LogP contribution in [0, 0.1) is 12.7 Å². The van der Waals surface area contributed by atoms with Gasteiger partial charge in [-0.2, -0.15) is 0 Å². The van der Waals surface area contributed by atoms with E-state index in [0.717, 1.165) is 24.6 Å². The molecule has 3 aromatic rings. The molecule has 154 valence electrons. The molecule has 1 aliphatic rings. The van der Waals surface area contributed by atoms with Crippen molar-refractivity contribution < 1.29 is 9.18 Å². The maximum Gasteiger partial charge on any atom is 0.260 e. The summed E-state index contributed by atoms with van der Waals surface area (Å²) < 4.78 is 13.9. The first-order chi connectivity index (χ1) is 14.5. The monoisotopic (exact) mass is 425 g/mol. The third kappa shape index (κ3) is 4.52. The zero-order chi connectivity index (χ0) is 21.1. The Hall–Kier alpha value is -3.19. The van der Waals surface area contributed by atoms with Gasteiger partial charge < -0.3 is 15.5 Å². The number of nitrogens with zero attached hydrogens (tertiary/aromatic N) is 3. The van der Waals surface area contributed by atoms with Crippen molar-refractivity contribution in [1.29, 1.82) is 0 Å². The molecule has 0 saturated carbocycles. The lowest BCUT2D eigenvalue weighted by Gasteiger charge is -2.18. The van der Waals surface area contributed by atoms with Crippen LogP contribution in [0.4, 0.5) is 27.4 Å². The number of carbonyl (C=O) groups is 1. The van der Waals surface area contributed by atoms with Gasteiger partial charge in [-0.1, -0.05) is 17.7 Å². The second-order valence-electron chi connectivity index (χ2n) is 7.11. The number of carbonyl (C=O) groups excluding carboxylic acids is 1. The third-order valence-corrected chi connectivity index (χ3v) is 5.17. The fourth-order valence-electron chi connectivity index (χ4n) is 3.42. The van der Waals surface area contributed by atoms with Gasteiger partial charge in [0.2, 0.25) is 0 Å². The van der Waals surface area contributed by atoms with Crippen LogP contribution in [0.3, 0.4) is 0 Å². The van der Waals surface area contributed by atoms with Crippen molar-refractivity contribution in [3.05, 3.63) is 70.8 Å². The van der Waals surface area contributed by atoms with E-state index in [1.807, 2.05) is 25.1 Å². The SMILES string of the molecule is Cc1nc(Nc2ccc(NC(=O)c3c(F)cccc3Cl)cc2)cc(N2CCCC2)n1. The van der Waals surface area contributed by atoms with Crippen molar-refractivity contribution in [3.63, 3.8) is 0 Å². The lowest BCUT2D eigenvalue weighted by atomic mass is 10.2. The van der Waals surface area contributed by atoms with E-state index in [-0.39, 0.29) is 10.6 Å². The van der Waals surface area contributed by atoms with Gasteiger partial charge in [-0.15, -0.1) is 0 Å². The van der Waals surface area contributed by atoms with Crippen molar-refractivity contribution in [1.82, 2.24) is 9.97 Å². The summed E-state index contributed by atoms with van der Waals surface area (Å²) in [6, 6.07) is 13.2. The standard InChI is InChI=1S/C22H21ClFN5O/c1-14-25-19(13-20(26-14)29-11-2-3-12-29)27-15-7-9-16(10-8-15)28-22(30)21-17(23)5-4-6-18(21)24/h4-10,13H,2-3,11-12H2,1H3,(H,28,30)(H,25,26,27). The summed E-state index contributed by atoms with van der Waals surface area (Å²) in [6.07, 6.45) is 2.36. The highest BCUT2D eigenvalue weighted by molar-refractivity contribution is 6.34. The van der Waals surface area contributed by atoms with Crippen LogP contribution < -0.4 is 15.5 Å². The molecular weight excluding hydrogens is 405 g/mol. The Kier molecular flexibility index (Phi) is 5.81. The highest BCUT2D eigenvalue weighted by Crippen LogP contribution is 2.24. The summed E-state index contributed by atoms with van der Waals surface area (Å²) in [5.74, 6) is 1.08. The molecule has 0 radical (unpaired) electrons. The van der Waals surface area contributed by atoms with Crippen LogP contribution in [0.5, 0.6) is 0 Å². The highest BCUT2D eigenvalue weighted by atomic mass is 35.5. The summed E-state index contributed by atoms with van der Waals surface area (Å²) in [5, 5.41) is 6.00. The molecule has 30 heavy (non-hydrogen) atoms. The molecule has 2 heterocycles. The average molecular weight is 426 g/mol. The number of aryl methyl sites for hydroxylation is 1.